The Hall–Kier alpha value is -0.630. The molecule has 4 heteroatoms. The predicted molar refractivity (Wildman–Crippen MR) is 70.6 cm³/mol. The summed E-state index contributed by atoms with van der Waals surface area (Å²) >= 11 is 0. The normalized spacial score (nSPS) is 26.4. The number of hydrogen-bond acceptors (Lipinski definition) is 4. The van der Waals surface area contributed by atoms with Crippen LogP contribution in [0.1, 0.15) is 33.1 Å². The third kappa shape index (κ3) is 4.27. The molecule has 0 aromatic heterocycles. The molecule has 17 heavy (non-hydrogen) atoms. The van der Waals surface area contributed by atoms with Gasteiger partial charge in [-0.1, -0.05) is 6.92 Å². The summed E-state index contributed by atoms with van der Waals surface area (Å²) in [6.07, 6.45) is 2.57. The van der Waals surface area contributed by atoms with Crippen LogP contribution in [0.15, 0.2) is 0 Å². The molecule has 4 nitrogen and oxygen atoms in total. The molecule has 1 heterocycles. The molecule has 2 unspecified atom stereocenters. The summed E-state index contributed by atoms with van der Waals surface area (Å²) < 4.78 is 0. The van der Waals surface area contributed by atoms with Crippen LogP contribution in [0.5, 0.6) is 0 Å². The van der Waals surface area contributed by atoms with Gasteiger partial charge in [0.05, 0.1) is 6.07 Å². The molecular formula is C13H26N4. The van der Waals surface area contributed by atoms with Crippen LogP contribution >= 0.6 is 0 Å². The summed E-state index contributed by atoms with van der Waals surface area (Å²) in [7, 11) is 2.18. The van der Waals surface area contributed by atoms with Crippen molar-refractivity contribution in [2.24, 2.45) is 5.73 Å². The van der Waals surface area contributed by atoms with E-state index in [1.165, 1.54) is 0 Å². The second-order valence-corrected chi connectivity index (χ2v) is 5.36. The van der Waals surface area contributed by atoms with Gasteiger partial charge in [0.15, 0.2) is 0 Å². The van der Waals surface area contributed by atoms with Crippen molar-refractivity contribution in [2.45, 2.75) is 44.7 Å². The van der Waals surface area contributed by atoms with Gasteiger partial charge in [0, 0.05) is 25.7 Å². The molecule has 0 bridgehead atoms. The van der Waals surface area contributed by atoms with Crippen molar-refractivity contribution in [3.05, 3.63) is 0 Å². The Morgan fingerprint density at radius 2 is 2.18 bits per heavy atom. The maximum Gasteiger partial charge on any atom is 0.104 e. The highest BCUT2D eigenvalue weighted by Crippen LogP contribution is 2.14. The fraction of sp³-hybridized carbons (Fsp3) is 0.923. The minimum Gasteiger partial charge on any atom is -0.313 e. The van der Waals surface area contributed by atoms with Crippen LogP contribution in [0, 0.1) is 11.3 Å². The summed E-state index contributed by atoms with van der Waals surface area (Å²) in [4.78, 5) is 4.88. The van der Waals surface area contributed by atoms with Crippen molar-refractivity contribution in [3.63, 3.8) is 0 Å². The van der Waals surface area contributed by atoms with E-state index in [1.807, 2.05) is 6.92 Å². The Balaban J connectivity index is 2.26. The zero-order chi connectivity index (χ0) is 12.9. The summed E-state index contributed by atoms with van der Waals surface area (Å²) in [5, 5.41) is 9.00. The molecule has 1 aliphatic heterocycles. The minimum atomic E-state index is -0.613. The third-order valence-electron chi connectivity index (χ3n) is 3.99. The van der Waals surface area contributed by atoms with Crippen molar-refractivity contribution >= 4 is 0 Å². The monoisotopic (exact) mass is 238 g/mol. The summed E-state index contributed by atoms with van der Waals surface area (Å²) in [5.74, 6) is 0. The SMILES string of the molecule is CCC(N)(C#N)CCCN1CCN(C)C(C)C1. The van der Waals surface area contributed by atoms with Crippen molar-refractivity contribution in [3.8, 4) is 6.07 Å². The molecule has 2 N–H and O–H groups in total. The Morgan fingerprint density at radius 3 is 2.71 bits per heavy atom. The van der Waals surface area contributed by atoms with Gasteiger partial charge >= 0.3 is 0 Å². The van der Waals surface area contributed by atoms with Crippen LogP contribution < -0.4 is 5.73 Å². The predicted octanol–water partition coefficient (Wildman–Crippen LogP) is 1.03. The molecule has 1 saturated heterocycles. The Labute approximate surface area is 105 Å². The van der Waals surface area contributed by atoms with Crippen LogP contribution in [0.3, 0.4) is 0 Å². The first-order valence-electron chi connectivity index (χ1n) is 6.63. The Kier molecular flexibility index (Phi) is 5.38. The number of hydrogen-bond donors (Lipinski definition) is 1. The van der Waals surface area contributed by atoms with E-state index in [-0.39, 0.29) is 0 Å². The lowest BCUT2D eigenvalue weighted by molar-refractivity contribution is 0.103. The molecule has 0 aromatic carbocycles. The fourth-order valence-corrected chi connectivity index (χ4v) is 2.26. The quantitative estimate of drug-likeness (QED) is 0.777. The van der Waals surface area contributed by atoms with E-state index in [0.29, 0.717) is 6.04 Å². The second kappa shape index (κ2) is 6.34. The van der Waals surface area contributed by atoms with Crippen LogP contribution in [0.25, 0.3) is 0 Å². The molecule has 0 aromatic rings. The second-order valence-electron chi connectivity index (χ2n) is 5.36. The molecule has 98 valence electrons. The summed E-state index contributed by atoms with van der Waals surface area (Å²) in [5.41, 5.74) is 5.36. The highest BCUT2D eigenvalue weighted by Gasteiger charge is 2.23. The zero-order valence-electron chi connectivity index (χ0n) is 11.4. The molecule has 1 aliphatic rings. The molecule has 0 aliphatic carbocycles. The van der Waals surface area contributed by atoms with Crippen molar-refractivity contribution in [2.75, 3.05) is 33.2 Å². The van der Waals surface area contributed by atoms with Crippen LogP contribution in [0.2, 0.25) is 0 Å². The molecule has 2 atom stereocenters. The van der Waals surface area contributed by atoms with E-state index in [1.54, 1.807) is 0 Å². The van der Waals surface area contributed by atoms with Crippen LogP contribution in [-0.4, -0.2) is 54.6 Å². The summed E-state index contributed by atoms with van der Waals surface area (Å²) in [6.45, 7) is 8.73. The molecule has 0 radical (unpaired) electrons. The topological polar surface area (TPSA) is 56.3 Å². The van der Waals surface area contributed by atoms with E-state index < -0.39 is 5.54 Å². The lowest BCUT2D eigenvalue weighted by Crippen LogP contribution is -2.50. The first-order valence-corrected chi connectivity index (χ1v) is 6.63. The fourth-order valence-electron chi connectivity index (χ4n) is 2.26. The third-order valence-corrected chi connectivity index (χ3v) is 3.99. The Bertz CT molecular complexity index is 273. The van der Waals surface area contributed by atoms with Gasteiger partial charge in [-0.05, 0) is 39.8 Å². The minimum absolute atomic E-state index is 0.613. The zero-order valence-corrected chi connectivity index (χ0v) is 11.4. The average molecular weight is 238 g/mol. The number of nitrogens with zero attached hydrogens (tertiary/aromatic N) is 3. The maximum atomic E-state index is 9.00. The van der Waals surface area contributed by atoms with Gasteiger partial charge in [0.2, 0.25) is 0 Å². The van der Waals surface area contributed by atoms with E-state index in [2.05, 4.69) is 29.8 Å². The number of likely N-dealkylation sites (N-methyl/N-ethyl adjacent to an activating group) is 1. The van der Waals surface area contributed by atoms with Crippen molar-refractivity contribution in [1.82, 2.24) is 9.80 Å². The first-order chi connectivity index (χ1) is 8.00. The molecule has 0 amide bonds. The van der Waals surface area contributed by atoms with Crippen molar-refractivity contribution < 1.29 is 0 Å². The van der Waals surface area contributed by atoms with Gasteiger partial charge in [0.1, 0.15) is 5.54 Å². The van der Waals surface area contributed by atoms with Gasteiger partial charge in [-0.25, -0.2) is 0 Å². The maximum absolute atomic E-state index is 9.00. The van der Waals surface area contributed by atoms with E-state index in [9.17, 15) is 0 Å². The van der Waals surface area contributed by atoms with Crippen LogP contribution in [0.4, 0.5) is 0 Å². The summed E-state index contributed by atoms with van der Waals surface area (Å²) in [6, 6.07) is 2.87. The average Bonchev–Trinajstić information content (AvgIpc) is 2.33. The van der Waals surface area contributed by atoms with E-state index >= 15 is 0 Å². The molecule has 0 spiro atoms. The van der Waals surface area contributed by atoms with Gasteiger partial charge < -0.3 is 15.5 Å². The first kappa shape index (κ1) is 14.4. The van der Waals surface area contributed by atoms with Gasteiger partial charge in [-0.15, -0.1) is 0 Å². The van der Waals surface area contributed by atoms with Gasteiger partial charge in [-0.2, -0.15) is 5.26 Å². The van der Waals surface area contributed by atoms with E-state index in [4.69, 9.17) is 11.0 Å². The largest absolute Gasteiger partial charge is 0.313 e. The molecule has 1 rings (SSSR count). The Morgan fingerprint density at radius 1 is 1.47 bits per heavy atom. The smallest absolute Gasteiger partial charge is 0.104 e. The standard InChI is InChI=1S/C13H26N4/c1-4-13(15,11-14)6-5-7-17-9-8-16(3)12(2)10-17/h12H,4-10,15H2,1-3H3. The number of piperazine rings is 1. The van der Waals surface area contributed by atoms with E-state index in [0.717, 1.165) is 45.4 Å². The molecule has 0 saturated carbocycles. The highest BCUT2D eigenvalue weighted by molar-refractivity contribution is 5.03. The molecule has 1 fully saturated rings. The highest BCUT2D eigenvalue weighted by atomic mass is 15.3. The van der Waals surface area contributed by atoms with Crippen molar-refractivity contribution in [1.29, 1.82) is 5.26 Å². The lowest BCUT2D eigenvalue weighted by Gasteiger charge is -2.38. The number of rotatable bonds is 5. The lowest BCUT2D eigenvalue weighted by atomic mass is 9.93. The number of nitriles is 1. The number of nitrogens with two attached hydrogens (primary N) is 1. The van der Waals surface area contributed by atoms with Gasteiger partial charge in [0.25, 0.3) is 0 Å². The van der Waals surface area contributed by atoms with Gasteiger partial charge in [-0.3, -0.25) is 0 Å². The molecular weight excluding hydrogens is 212 g/mol. The van der Waals surface area contributed by atoms with Crippen LogP contribution in [-0.2, 0) is 0 Å².